The Morgan fingerprint density at radius 3 is 2.05 bits per heavy atom. The summed E-state index contributed by atoms with van der Waals surface area (Å²) in [5.41, 5.74) is 5.13. The van der Waals surface area contributed by atoms with Gasteiger partial charge in [0.15, 0.2) is 0 Å². The topological polar surface area (TPSA) is 40.5 Å². The van der Waals surface area contributed by atoms with Gasteiger partial charge in [-0.05, 0) is 67.5 Å². The summed E-state index contributed by atoms with van der Waals surface area (Å²) in [6, 6.07) is 3.99. The minimum Gasteiger partial charge on any atom is -0.423 e. The minimum atomic E-state index is -1.38. The summed E-state index contributed by atoms with van der Waals surface area (Å²) in [6.45, 7) is 4.15. The van der Waals surface area contributed by atoms with Crippen molar-refractivity contribution in [3.63, 3.8) is 0 Å². The molecule has 0 amide bonds. The van der Waals surface area contributed by atoms with E-state index < -0.39 is 7.12 Å². The fourth-order valence-electron chi connectivity index (χ4n) is 3.02. The molecule has 21 heavy (non-hydrogen) atoms. The quantitative estimate of drug-likeness (QED) is 0.834. The molecule has 0 radical (unpaired) electrons. The third kappa shape index (κ3) is 2.85. The van der Waals surface area contributed by atoms with Gasteiger partial charge < -0.3 is 10.0 Å². The van der Waals surface area contributed by atoms with Gasteiger partial charge in [0.2, 0.25) is 0 Å². The van der Waals surface area contributed by atoms with Crippen molar-refractivity contribution in [2.45, 2.75) is 33.1 Å². The average molecular weight is 339 g/mol. The van der Waals surface area contributed by atoms with Crippen LogP contribution in [-0.2, 0) is 0 Å². The van der Waals surface area contributed by atoms with Gasteiger partial charge in [0.1, 0.15) is 0 Å². The Balaban J connectivity index is 2.11. The van der Waals surface area contributed by atoms with Gasteiger partial charge in [-0.2, -0.15) is 0 Å². The van der Waals surface area contributed by atoms with E-state index in [2.05, 4.69) is 13.0 Å². The summed E-state index contributed by atoms with van der Waals surface area (Å²) in [5, 5.41) is 18.7. The van der Waals surface area contributed by atoms with Gasteiger partial charge in [0.25, 0.3) is 0 Å². The molecular weight excluding hydrogens is 323 g/mol. The van der Waals surface area contributed by atoms with Crippen molar-refractivity contribution in [3.05, 3.63) is 37.4 Å². The smallest absolute Gasteiger partial charge is 0.423 e. The number of halogens is 1. The van der Waals surface area contributed by atoms with Crippen LogP contribution in [-0.4, -0.2) is 17.2 Å². The maximum Gasteiger partial charge on any atom is 0.499 e. The first-order valence-corrected chi connectivity index (χ1v) is 8.93. The van der Waals surface area contributed by atoms with Gasteiger partial charge in [-0.25, -0.2) is 0 Å². The molecular formula is C15H16BClO2S2. The monoisotopic (exact) mass is 338 g/mol. The summed E-state index contributed by atoms with van der Waals surface area (Å²) in [7, 11) is -1.38. The minimum absolute atomic E-state index is 0.612. The van der Waals surface area contributed by atoms with Gasteiger partial charge in [-0.3, -0.25) is 0 Å². The lowest BCUT2D eigenvalue weighted by atomic mass is 9.87. The molecule has 0 aliphatic heterocycles. The van der Waals surface area contributed by atoms with E-state index in [9.17, 15) is 10.0 Å². The molecule has 2 aromatic rings. The van der Waals surface area contributed by atoms with E-state index in [4.69, 9.17) is 11.6 Å². The second-order valence-corrected chi connectivity index (χ2v) is 8.50. The zero-order chi connectivity index (χ0) is 15.1. The van der Waals surface area contributed by atoms with E-state index in [0.29, 0.717) is 4.78 Å². The van der Waals surface area contributed by atoms with Crippen LogP contribution < -0.4 is 4.78 Å². The highest BCUT2D eigenvalue weighted by molar-refractivity contribution is 7.22. The summed E-state index contributed by atoms with van der Waals surface area (Å²) in [4.78, 5) is 2.40. The first-order chi connectivity index (χ1) is 9.97. The van der Waals surface area contributed by atoms with Crippen molar-refractivity contribution in [2.75, 3.05) is 0 Å². The van der Waals surface area contributed by atoms with E-state index in [1.165, 1.54) is 32.9 Å². The molecule has 0 bridgehead atoms. The van der Waals surface area contributed by atoms with Crippen molar-refractivity contribution in [2.24, 2.45) is 0 Å². The lowest BCUT2D eigenvalue weighted by Crippen LogP contribution is -2.26. The third-order valence-corrected chi connectivity index (χ3v) is 6.22. The van der Waals surface area contributed by atoms with Crippen molar-refractivity contribution >= 4 is 57.3 Å². The maximum absolute atomic E-state index is 9.37. The van der Waals surface area contributed by atoms with Crippen LogP contribution >= 0.6 is 34.3 Å². The molecule has 2 nitrogen and oxygen atoms in total. The molecule has 110 valence electrons. The standard InChI is InChI=1S/C15H16BClO2S2/c1-8-12(6-14(20-8)16(18)19)10-4-3-5-11(10)13-7-15(17)21-9(13)2/h6-7,18-19H,3-5H2,1-2H3. The molecule has 2 aromatic heterocycles. The Morgan fingerprint density at radius 2 is 1.57 bits per heavy atom. The number of rotatable bonds is 3. The third-order valence-electron chi connectivity index (χ3n) is 3.95. The van der Waals surface area contributed by atoms with Gasteiger partial charge in [0.05, 0.1) is 4.34 Å². The van der Waals surface area contributed by atoms with Gasteiger partial charge in [-0.15, -0.1) is 22.7 Å². The van der Waals surface area contributed by atoms with Crippen molar-refractivity contribution in [1.29, 1.82) is 0 Å². The second kappa shape index (κ2) is 5.90. The predicted octanol–water partition coefficient (Wildman–Crippen LogP) is 3.85. The van der Waals surface area contributed by atoms with Crippen LogP contribution in [0.4, 0.5) is 0 Å². The number of allylic oxidation sites excluding steroid dienone is 2. The zero-order valence-electron chi connectivity index (χ0n) is 11.9. The summed E-state index contributed by atoms with van der Waals surface area (Å²) >= 11 is 9.23. The molecule has 0 fully saturated rings. The molecule has 2 heterocycles. The Labute approximate surface area is 137 Å². The van der Waals surface area contributed by atoms with E-state index in [1.807, 2.05) is 13.0 Å². The van der Waals surface area contributed by atoms with E-state index in [-0.39, 0.29) is 0 Å². The fraction of sp³-hybridized carbons (Fsp3) is 0.333. The summed E-state index contributed by atoms with van der Waals surface area (Å²) in [5.74, 6) is 0. The highest BCUT2D eigenvalue weighted by atomic mass is 35.5. The first-order valence-electron chi connectivity index (χ1n) is 6.92. The van der Waals surface area contributed by atoms with Gasteiger partial charge in [-0.1, -0.05) is 11.6 Å². The highest BCUT2D eigenvalue weighted by Crippen LogP contribution is 2.44. The summed E-state index contributed by atoms with van der Waals surface area (Å²) in [6.07, 6.45) is 3.25. The van der Waals surface area contributed by atoms with Crippen molar-refractivity contribution < 1.29 is 10.0 Å². The van der Waals surface area contributed by atoms with Crippen LogP contribution in [0.15, 0.2) is 12.1 Å². The zero-order valence-corrected chi connectivity index (χ0v) is 14.3. The van der Waals surface area contributed by atoms with Crippen molar-refractivity contribution in [3.8, 4) is 0 Å². The fourth-order valence-corrected chi connectivity index (χ4v) is 5.16. The molecule has 0 saturated carbocycles. The predicted molar refractivity (Wildman–Crippen MR) is 93.6 cm³/mol. The van der Waals surface area contributed by atoms with Crippen LogP contribution in [0.5, 0.6) is 0 Å². The number of hydrogen-bond donors (Lipinski definition) is 2. The lowest BCUT2D eigenvalue weighted by molar-refractivity contribution is 0.427. The molecule has 3 rings (SSSR count). The molecule has 0 unspecified atom stereocenters. The van der Waals surface area contributed by atoms with Crippen LogP contribution in [0.1, 0.15) is 40.1 Å². The second-order valence-electron chi connectivity index (χ2n) is 5.32. The SMILES string of the molecule is Cc1sc(Cl)cc1C1=C(c2cc(B(O)O)sc2C)CCC1. The van der Waals surface area contributed by atoms with Crippen LogP contribution in [0.25, 0.3) is 11.1 Å². The van der Waals surface area contributed by atoms with E-state index >= 15 is 0 Å². The molecule has 0 spiro atoms. The average Bonchev–Trinajstić information content (AvgIpc) is 3.07. The molecule has 0 atom stereocenters. The summed E-state index contributed by atoms with van der Waals surface area (Å²) < 4.78 is 1.44. The molecule has 6 heteroatoms. The first kappa shape index (κ1) is 15.3. The van der Waals surface area contributed by atoms with E-state index in [1.54, 1.807) is 11.3 Å². The lowest BCUT2D eigenvalue weighted by Gasteiger charge is -2.07. The molecule has 2 N–H and O–H groups in total. The number of thiophene rings is 2. The van der Waals surface area contributed by atoms with Crippen LogP contribution in [0, 0.1) is 13.8 Å². The van der Waals surface area contributed by atoms with Gasteiger partial charge in [0, 0.05) is 14.5 Å². The normalized spacial score (nSPS) is 15.1. The van der Waals surface area contributed by atoms with Crippen LogP contribution in [0.2, 0.25) is 4.34 Å². The molecule has 0 aromatic carbocycles. The van der Waals surface area contributed by atoms with Crippen LogP contribution in [0.3, 0.4) is 0 Å². The molecule has 1 aliphatic carbocycles. The van der Waals surface area contributed by atoms with E-state index in [0.717, 1.165) is 34.0 Å². The maximum atomic E-state index is 9.37. The highest BCUT2D eigenvalue weighted by Gasteiger charge is 2.24. The number of hydrogen-bond acceptors (Lipinski definition) is 4. The Hall–Kier alpha value is -0.585. The van der Waals surface area contributed by atoms with Crippen molar-refractivity contribution in [1.82, 2.24) is 0 Å². The molecule has 1 aliphatic rings. The Bertz CT molecular complexity index is 715. The molecule has 0 saturated heterocycles. The Kier molecular flexibility index (Phi) is 4.30. The number of aryl methyl sites for hydroxylation is 2. The Morgan fingerprint density at radius 1 is 1.00 bits per heavy atom. The largest absolute Gasteiger partial charge is 0.499 e. The van der Waals surface area contributed by atoms with Gasteiger partial charge >= 0.3 is 7.12 Å².